The third kappa shape index (κ3) is 2.68. The number of amides is 1. The molecular weight excluding hydrogens is 280 g/mol. The van der Waals surface area contributed by atoms with E-state index in [4.69, 9.17) is 5.11 Å². The quantitative estimate of drug-likeness (QED) is 0.699. The average molecular weight is 290 g/mol. The number of carbonyl (C=O) groups is 2. The van der Waals surface area contributed by atoms with Crippen LogP contribution in [-0.4, -0.2) is 38.0 Å². The van der Waals surface area contributed by atoms with Gasteiger partial charge >= 0.3 is 5.97 Å². The van der Waals surface area contributed by atoms with Gasteiger partial charge < -0.3 is 10.4 Å². The van der Waals surface area contributed by atoms with Crippen molar-refractivity contribution in [3.63, 3.8) is 0 Å². The van der Waals surface area contributed by atoms with Crippen LogP contribution in [0.1, 0.15) is 16.1 Å². The van der Waals surface area contributed by atoms with Gasteiger partial charge in [-0.3, -0.25) is 4.79 Å². The van der Waals surface area contributed by atoms with Gasteiger partial charge in [-0.2, -0.15) is 0 Å². The molecular formula is C9H10N2O5S2. The zero-order valence-corrected chi connectivity index (χ0v) is 10.7. The maximum absolute atomic E-state index is 11.9. The lowest BCUT2D eigenvalue weighted by atomic mass is 10.3. The highest BCUT2D eigenvalue weighted by Crippen LogP contribution is 2.22. The molecule has 1 saturated heterocycles. The van der Waals surface area contributed by atoms with Gasteiger partial charge in [-0.1, -0.05) is 0 Å². The van der Waals surface area contributed by atoms with Crippen molar-refractivity contribution in [3.8, 4) is 0 Å². The molecule has 3 N–H and O–H groups in total. The van der Waals surface area contributed by atoms with Gasteiger partial charge in [0.15, 0.2) is 0 Å². The van der Waals surface area contributed by atoms with Crippen molar-refractivity contribution in [1.82, 2.24) is 10.0 Å². The van der Waals surface area contributed by atoms with Crippen molar-refractivity contribution >= 4 is 33.2 Å². The molecule has 98 valence electrons. The van der Waals surface area contributed by atoms with Gasteiger partial charge in [0.1, 0.15) is 9.09 Å². The van der Waals surface area contributed by atoms with E-state index in [1.807, 2.05) is 0 Å². The summed E-state index contributed by atoms with van der Waals surface area (Å²) in [5.74, 6) is -1.38. The highest BCUT2D eigenvalue weighted by Gasteiger charge is 2.28. The van der Waals surface area contributed by atoms with Crippen LogP contribution in [0.5, 0.6) is 0 Å². The number of carboxylic acid groups (broad SMARTS) is 1. The predicted octanol–water partition coefficient (Wildman–Crippen LogP) is -0.387. The summed E-state index contributed by atoms with van der Waals surface area (Å²) in [5.41, 5.74) is 0. The number of hydrogen-bond donors (Lipinski definition) is 3. The Morgan fingerprint density at radius 1 is 1.50 bits per heavy atom. The standard InChI is InChI=1S/C9H10N2O5S2/c12-7-3-5(4-10-7)11-18(15,16)8-2-1-6(17-8)9(13)14/h1-2,5,11H,3-4H2,(H,10,12)(H,13,14). The Bertz CT molecular complexity index is 592. The molecule has 9 heteroatoms. The van der Waals surface area contributed by atoms with Crippen LogP contribution in [0.2, 0.25) is 0 Å². The molecule has 1 unspecified atom stereocenters. The van der Waals surface area contributed by atoms with Gasteiger partial charge in [-0.05, 0) is 12.1 Å². The largest absolute Gasteiger partial charge is 0.477 e. The first-order chi connectivity index (χ1) is 8.38. The van der Waals surface area contributed by atoms with Gasteiger partial charge in [-0.15, -0.1) is 11.3 Å². The highest BCUT2D eigenvalue weighted by atomic mass is 32.2. The molecule has 1 atom stereocenters. The molecule has 1 aliphatic rings. The van der Waals surface area contributed by atoms with Crippen LogP contribution in [0, 0.1) is 0 Å². The monoisotopic (exact) mass is 290 g/mol. The molecule has 18 heavy (non-hydrogen) atoms. The van der Waals surface area contributed by atoms with Crippen molar-refractivity contribution in [2.75, 3.05) is 6.54 Å². The summed E-state index contributed by atoms with van der Waals surface area (Å²) in [6.07, 6.45) is 0.0936. The minimum atomic E-state index is -3.77. The molecule has 0 aromatic carbocycles. The number of aromatic carboxylic acids is 1. The molecule has 1 aliphatic heterocycles. The summed E-state index contributed by atoms with van der Waals surface area (Å²) in [6, 6.07) is 1.98. The predicted molar refractivity (Wildman–Crippen MR) is 63.0 cm³/mol. The molecule has 2 rings (SSSR count). The second-order valence-electron chi connectivity index (χ2n) is 3.75. The Hall–Kier alpha value is -1.45. The maximum Gasteiger partial charge on any atom is 0.345 e. The van der Waals surface area contributed by atoms with Crippen LogP contribution < -0.4 is 10.0 Å². The fourth-order valence-corrected chi connectivity index (χ4v) is 3.94. The first-order valence-corrected chi connectivity index (χ1v) is 7.30. The lowest BCUT2D eigenvalue weighted by Gasteiger charge is -2.09. The smallest absolute Gasteiger partial charge is 0.345 e. The molecule has 1 aromatic heterocycles. The SMILES string of the molecule is O=C1CC(NS(=O)(=O)c2ccc(C(=O)O)s2)CN1. The van der Waals surface area contributed by atoms with Crippen molar-refractivity contribution < 1.29 is 23.1 Å². The number of thiophene rings is 1. The molecule has 0 bridgehead atoms. The van der Waals surface area contributed by atoms with Crippen LogP contribution in [0.25, 0.3) is 0 Å². The van der Waals surface area contributed by atoms with E-state index in [-0.39, 0.29) is 28.0 Å². The Morgan fingerprint density at radius 3 is 2.72 bits per heavy atom. The topological polar surface area (TPSA) is 113 Å². The summed E-state index contributed by atoms with van der Waals surface area (Å²) in [4.78, 5) is 21.6. The summed E-state index contributed by atoms with van der Waals surface area (Å²) in [7, 11) is -3.77. The number of sulfonamides is 1. The first kappa shape index (κ1) is 13.0. The minimum absolute atomic E-state index is 0.0454. The van der Waals surface area contributed by atoms with Gasteiger partial charge in [0.05, 0.1) is 0 Å². The van der Waals surface area contributed by atoms with E-state index in [0.717, 1.165) is 0 Å². The van der Waals surface area contributed by atoms with Crippen molar-refractivity contribution in [3.05, 3.63) is 17.0 Å². The normalized spacial score (nSPS) is 19.8. The molecule has 1 aromatic rings. The van der Waals surface area contributed by atoms with Gasteiger partial charge in [0.25, 0.3) is 0 Å². The molecule has 1 amide bonds. The third-order valence-electron chi connectivity index (χ3n) is 2.36. The number of rotatable bonds is 4. The van der Waals surface area contributed by atoms with E-state index >= 15 is 0 Å². The molecule has 0 spiro atoms. The summed E-state index contributed by atoms with van der Waals surface area (Å²) in [6.45, 7) is 0.245. The Labute approximate surface area is 107 Å². The molecule has 0 radical (unpaired) electrons. The summed E-state index contributed by atoms with van der Waals surface area (Å²) in [5, 5.41) is 11.2. The maximum atomic E-state index is 11.9. The van der Waals surface area contributed by atoms with Crippen LogP contribution in [-0.2, 0) is 14.8 Å². The highest BCUT2D eigenvalue weighted by molar-refractivity contribution is 7.91. The molecule has 0 aliphatic carbocycles. The Kier molecular flexibility index (Phi) is 3.37. The van der Waals surface area contributed by atoms with Crippen LogP contribution in [0.3, 0.4) is 0 Å². The summed E-state index contributed by atoms with van der Waals surface area (Å²) >= 11 is 0.677. The van der Waals surface area contributed by atoms with E-state index in [9.17, 15) is 18.0 Å². The van der Waals surface area contributed by atoms with E-state index in [0.29, 0.717) is 11.3 Å². The summed E-state index contributed by atoms with van der Waals surface area (Å²) < 4.78 is 26.1. The molecule has 0 saturated carbocycles. The van der Waals surface area contributed by atoms with Gasteiger partial charge in [0, 0.05) is 19.0 Å². The van der Waals surface area contributed by atoms with Gasteiger partial charge in [0.2, 0.25) is 15.9 Å². The first-order valence-electron chi connectivity index (χ1n) is 5.00. The lowest BCUT2D eigenvalue weighted by Crippen LogP contribution is -2.35. The Morgan fingerprint density at radius 2 is 2.22 bits per heavy atom. The lowest BCUT2D eigenvalue weighted by molar-refractivity contribution is -0.119. The second-order valence-corrected chi connectivity index (χ2v) is 6.77. The minimum Gasteiger partial charge on any atom is -0.477 e. The zero-order chi connectivity index (χ0) is 13.3. The van der Waals surface area contributed by atoms with E-state index in [1.54, 1.807) is 0 Å². The number of nitrogens with one attached hydrogen (secondary N) is 2. The van der Waals surface area contributed by atoms with E-state index in [1.165, 1.54) is 12.1 Å². The fraction of sp³-hybridized carbons (Fsp3) is 0.333. The molecule has 7 nitrogen and oxygen atoms in total. The molecule has 1 fully saturated rings. The zero-order valence-electron chi connectivity index (χ0n) is 9.04. The van der Waals surface area contributed by atoms with Crippen molar-refractivity contribution in [2.24, 2.45) is 0 Å². The van der Waals surface area contributed by atoms with E-state index in [2.05, 4.69) is 10.0 Å². The number of carboxylic acids is 1. The van der Waals surface area contributed by atoms with Crippen LogP contribution in [0.4, 0.5) is 0 Å². The number of carbonyl (C=O) groups excluding carboxylic acids is 1. The number of hydrogen-bond acceptors (Lipinski definition) is 5. The Balaban J connectivity index is 2.15. The second kappa shape index (κ2) is 4.67. The van der Waals surface area contributed by atoms with Crippen LogP contribution >= 0.6 is 11.3 Å². The van der Waals surface area contributed by atoms with Gasteiger partial charge in [-0.25, -0.2) is 17.9 Å². The van der Waals surface area contributed by atoms with Crippen molar-refractivity contribution in [1.29, 1.82) is 0 Å². The van der Waals surface area contributed by atoms with Crippen molar-refractivity contribution in [2.45, 2.75) is 16.7 Å². The van der Waals surface area contributed by atoms with E-state index < -0.39 is 22.0 Å². The third-order valence-corrected chi connectivity index (χ3v) is 5.44. The molecule has 2 heterocycles. The van der Waals surface area contributed by atoms with Crippen LogP contribution in [0.15, 0.2) is 16.3 Å². The average Bonchev–Trinajstić information content (AvgIpc) is 2.86. The fourth-order valence-electron chi connectivity index (χ4n) is 1.55.